The van der Waals surface area contributed by atoms with Crippen LogP contribution in [-0.2, 0) is 0 Å². The van der Waals surface area contributed by atoms with Crippen LogP contribution in [-0.4, -0.2) is 23.9 Å². The average molecular weight is 327 g/mol. The highest BCUT2D eigenvalue weighted by atomic mass is 79.9. The molecular weight excluding hydrogens is 312 g/mol. The molecule has 0 fully saturated rings. The number of benzene rings is 1. The highest BCUT2D eigenvalue weighted by Crippen LogP contribution is 2.38. The summed E-state index contributed by atoms with van der Waals surface area (Å²) < 4.78 is 1.96. The lowest BCUT2D eigenvalue weighted by atomic mass is 10.2. The summed E-state index contributed by atoms with van der Waals surface area (Å²) in [5.74, 6) is -0.0180. The molecule has 5 heteroatoms. The second-order valence-corrected chi connectivity index (χ2v) is 6.37. The van der Waals surface area contributed by atoms with E-state index in [4.69, 9.17) is 5.73 Å². The third kappa shape index (κ3) is 2.12. The van der Waals surface area contributed by atoms with Gasteiger partial charge in [-0.2, -0.15) is 0 Å². The summed E-state index contributed by atoms with van der Waals surface area (Å²) in [5, 5.41) is 0.933. The van der Waals surface area contributed by atoms with Gasteiger partial charge >= 0.3 is 0 Å². The minimum atomic E-state index is -0.0180. The number of thiophene rings is 1. The van der Waals surface area contributed by atoms with E-state index < -0.39 is 0 Å². The normalized spacial score (nSPS) is 11.2. The number of anilines is 1. The SMILES string of the molecule is CC(C)N(C)C(=O)c1sc2cccc(Br)c2c1N. The molecule has 0 saturated carbocycles. The van der Waals surface area contributed by atoms with Crippen LogP contribution in [0.3, 0.4) is 0 Å². The molecule has 0 atom stereocenters. The molecule has 1 amide bonds. The summed E-state index contributed by atoms with van der Waals surface area (Å²) in [6.45, 7) is 3.97. The Kier molecular flexibility index (Phi) is 3.64. The molecule has 0 aliphatic carbocycles. The Morgan fingerprint density at radius 1 is 1.44 bits per heavy atom. The fraction of sp³-hybridized carbons (Fsp3) is 0.308. The Balaban J connectivity index is 2.56. The van der Waals surface area contributed by atoms with Crippen molar-refractivity contribution in [3.05, 3.63) is 27.5 Å². The number of nitrogens with zero attached hydrogens (tertiary/aromatic N) is 1. The lowest BCUT2D eigenvalue weighted by molar-refractivity contribution is 0.0761. The van der Waals surface area contributed by atoms with Crippen molar-refractivity contribution in [3.63, 3.8) is 0 Å². The number of fused-ring (bicyclic) bond motifs is 1. The Morgan fingerprint density at radius 2 is 2.11 bits per heavy atom. The highest BCUT2D eigenvalue weighted by Gasteiger charge is 2.21. The molecule has 0 aliphatic heterocycles. The highest BCUT2D eigenvalue weighted by molar-refractivity contribution is 9.10. The Bertz CT molecular complexity index is 606. The van der Waals surface area contributed by atoms with Gasteiger partial charge in [0.25, 0.3) is 5.91 Å². The van der Waals surface area contributed by atoms with Gasteiger partial charge in [-0.25, -0.2) is 0 Å². The zero-order chi connectivity index (χ0) is 13.4. The first-order valence-corrected chi connectivity index (χ1v) is 7.28. The third-order valence-electron chi connectivity index (χ3n) is 2.99. The number of nitrogens with two attached hydrogens (primary N) is 1. The molecule has 0 bridgehead atoms. The summed E-state index contributed by atoms with van der Waals surface area (Å²) in [7, 11) is 1.80. The van der Waals surface area contributed by atoms with E-state index in [0.29, 0.717) is 10.6 Å². The number of carbonyl (C=O) groups excluding carboxylic acids is 1. The van der Waals surface area contributed by atoms with Crippen molar-refractivity contribution >= 4 is 48.9 Å². The Hall–Kier alpha value is -1.07. The van der Waals surface area contributed by atoms with Crippen LogP contribution in [0.25, 0.3) is 10.1 Å². The van der Waals surface area contributed by atoms with Gasteiger partial charge in [0.2, 0.25) is 0 Å². The molecule has 1 aromatic heterocycles. The molecule has 18 heavy (non-hydrogen) atoms. The van der Waals surface area contributed by atoms with Crippen molar-refractivity contribution in [2.45, 2.75) is 19.9 Å². The zero-order valence-corrected chi connectivity index (χ0v) is 12.9. The van der Waals surface area contributed by atoms with Crippen molar-refractivity contribution in [1.82, 2.24) is 4.90 Å². The first-order chi connectivity index (χ1) is 8.43. The van der Waals surface area contributed by atoms with Crippen LogP contribution in [0.4, 0.5) is 5.69 Å². The van der Waals surface area contributed by atoms with E-state index >= 15 is 0 Å². The second kappa shape index (κ2) is 4.90. The first-order valence-electron chi connectivity index (χ1n) is 5.67. The van der Waals surface area contributed by atoms with Gasteiger partial charge in [0.1, 0.15) is 4.88 Å². The maximum atomic E-state index is 12.3. The van der Waals surface area contributed by atoms with E-state index in [1.54, 1.807) is 11.9 Å². The number of nitrogen functional groups attached to an aromatic ring is 1. The Morgan fingerprint density at radius 3 is 2.67 bits per heavy atom. The number of amides is 1. The van der Waals surface area contributed by atoms with E-state index in [9.17, 15) is 4.79 Å². The topological polar surface area (TPSA) is 46.3 Å². The zero-order valence-electron chi connectivity index (χ0n) is 10.5. The lowest BCUT2D eigenvalue weighted by Gasteiger charge is -2.20. The predicted molar refractivity (Wildman–Crippen MR) is 81.2 cm³/mol. The summed E-state index contributed by atoms with van der Waals surface area (Å²) in [6.07, 6.45) is 0. The number of halogens is 1. The Labute approximate surface area is 119 Å². The van der Waals surface area contributed by atoms with Crippen molar-refractivity contribution in [1.29, 1.82) is 0 Å². The van der Waals surface area contributed by atoms with Gasteiger partial charge in [-0.3, -0.25) is 4.79 Å². The molecule has 3 nitrogen and oxygen atoms in total. The molecule has 0 radical (unpaired) electrons. The van der Waals surface area contributed by atoms with Crippen LogP contribution in [0.1, 0.15) is 23.5 Å². The maximum absolute atomic E-state index is 12.3. The third-order valence-corrected chi connectivity index (χ3v) is 4.81. The number of carbonyl (C=O) groups is 1. The fourth-order valence-electron chi connectivity index (χ4n) is 1.68. The van der Waals surface area contributed by atoms with Crippen molar-refractivity contribution in [2.24, 2.45) is 0 Å². The summed E-state index contributed by atoms with van der Waals surface area (Å²) in [6, 6.07) is 6.02. The minimum Gasteiger partial charge on any atom is -0.397 e. The van der Waals surface area contributed by atoms with Crippen LogP contribution < -0.4 is 5.73 Å². The van der Waals surface area contributed by atoms with Crippen LogP contribution in [0.2, 0.25) is 0 Å². The lowest BCUT2D eigenvalue weighted by Crippen LogP contribution is -2.32. The average Bonchev–Trinajstić information content (AvgIpc) is 2.66. The van der Waals surface area contributed by atoms with Crippen molar-refractivity contribution < 1.29 is 4.79 Å². The quantitative estimate of drug-likeness (QED) is 0.914. The molecular formula is C13H15BrN2OS. The minimum absolute atomic E-state index is 0.0180. The molecule has 0 aliphatic rings. The van der Waals surface area contributed by atoms with Crippen LogP contribution in [0.5, 0.6) is 0 Å². The van der Waals surface area contributed by atoms with Crippen molar-refractivity contribution in [3.8, 4) is 0 Å². The monoisotopic (exact) mass is 326 g/mol. The summed E-state index contributed by atoms with van der Waals surface area (Å²) in [4.78, 5) is 14.7. The van der Waals surface area contributed by atoms with Crippen molar-refractivity contribution in [2.75, 3.05) is 12.8 Å². The number of rotatable bonds is 2. The molecule has 0 unspecified atom stereocenters. The molecule has 2 aromatic rings. The van der Waals surface area contributed by atoms with E-state index in [2.05, 4.69) is 15.9 Å². The van der Waals surface area contributed by atoms with Gasteiger partial charge in [0, 0.05) is 27.6 Å². The van der Waals surface area contributed by atoms with Gasteiger partial charge in [-0.1, -0.05) is 22.0 Å². The van der Waals surface area contributed by atoms with E-state index in [-0.39, 0.29) is 11.9 Å². The first kappa shape index (κ1) is 13.4. The molecule has 0 saturated heterocycles. The molecule has 1 aromatic carbocycles. The largest absolute Gasteiger partial charge is 0.397 e. The smallest absolute Gasteiger partial charge is 0.266 e. The molecule has 1 heterocycles. The van der Waals surface area contributed by atoms with Gasteiger partial charge in [0.15, 0.2) is 0 Å². The molecule has 0 spiro atoms. The number of hydrogen-bond donors (Lipinski definition) is 1. The van der Waals surface area contributed by atoms with Crippen LogP contribution >= 0.6 is 27.3 Å². The van der Waals surface area contributed by atoms with Gasteiger partial charge in [-0.15, -0.1) is 11.3 Å². The van der Waals surface area contributed by atoms with Gasteiger partial charge in [-0.05, 0) is 26.0 Å². The molecule has 2 rings (SSSR count). The maximum Gasteiger partial charge on any atom is 0.266 e. The second-order valence-electron chi connectivity index (χ2n) is 4.47. The standard InChI is InChI=1S/C13H15BrN2OS/c1-7(2)16(3)13(17)12-11(15)10-8(14)5-4-6-9(10)18-12/h4-7H,15H2,1-3H3. The van der Waals surface area contributed by atoms with E-state index in [1.165, 1.54) is 11.3 Å². The van der Waals surface area contributed by atoms with E-state index in [1.807, 2.05) is 32.0 Å². The molecule has 2 N–H and O–H groups in total. The van der Waals surface area contributed by atoms with Gasteiger partial charge in [0.05, 0.1) is 5.69 Å². The van der Waals surface area contributed by atoms with Crippen LogP contribution in [0, 0.1) is 0 Å². The van der Waals surface area contributed by atoms with E-state index in [0.717, 1.165) is 14.6 Å². The fourth-order valence-corrected chi connectivity index (χ4v) is 3.53. The molecule has 96 valence electrons. The van der Waals surface area contributed by atoms with Gasteiger partial charge < -0.3 is 10.6 Å². The predicted octanol–water partition coefficient (Wildman–Crippen LogP) is 3.73. The summed E-state index contributed by atoms with van der Waals surface area (Å²) in [5.41, 5.74) is 6.68. The summed E-state index contributed by atoms with van der Waals surface area (Å²) >= 11 is 4.92. The van der Waals surface area contributed by atoms with Crippen LogP contribution in [0.15, 0.2) is 22.7 Å². The number of hydrogen-bond acceptors (Lipinski definition) is 3.